The molecule has 9 heteroatoms. The molecule has 0 saturated heterocycles. The molecule has 0 spiro atoms. The minimum Gasteiger partial charge on any atom is -0.490 e. The van der Waals surface area contributed by atoms with Crippen molar-refractivity contribution in [3.63, 3.8) is 0 Å². The summed E-state index contributed by atoms with van der Waals surface area (Å²) in [5.41, 5.74) is 2.95. The highest BCUT2D eigenvalue weighted by molar-refractivity contribution is 5.76. The third-order valence-corrected chi connectivity index (χ3v) is 4.32. The van der Waals surface area contributed by atoms with E-state index in [0.29, 0.717) is 22.8 Å². The van der Waals surface area contributed by atoms with E-state index in [1.165, 1.54) is 18.2 Å². The van der Waals surface area contributed by atoms with E-state index in [4.69, 9.17) is 4.74 Å². The van der Waals surface area contributed by atoms with Crippen LogP contribution in [0.4, 0.5) is 14.6 Å². The smallest absolute Gasteiger partial charge is 0.165 e. The van der Waals surface area contributed by atoms with E-state index in [2.05, 4.69) is 25.6 Å². The number of fused-ring (bicyclic) bond motifs is 1. The Balaban J connectivity index is 1.63. The van der Waals surface area contributed by atoms with Gasteiger partial charge in [0.2, 0.25) is 0 Å². The average Bonchev–Trinajstić information content (AvgIpc) is 3.36. The Hall–Kier alpha value is -3.49. The third kappa shape index (κ3) is 3.51. The van der Waals surface area contributed by atoms with Crippen molar-refractivity contribution in [1.82, 2.24) is 24.8 Å². The Labute approximate surface area is 159 Å². The lowest BCUT2D eigenvalue weighted by atomic mass is 10.1. The van der Waals surface area contributed by atoms with Gasteiger partial charge in [-0.05, 0) is 31.2 Å². The number of alkyl halides is 1. The van der Waals surface area contributed by atoms with Crippen LogP contribution in [0.1, 0.15) is 18.5 Å². The molecule has 0 aliphatic heterocycles. The van der Waals surface area contributed by atoms with Crippen molar-refractivity contribution in [2.75, 3.05) is 18.6 Å². The lowest BCUT2D eigenvalue weighted by Gasteiger charge is -2.19. The van der Waals surface area contributed by atoms with Gasteiger partial charge in [-0.25, -0.2) is 18.3 Å². The second kappa shape index (κ2) is 7.63. The quantitative estimate of drug-likeness (QED) is 0.507. The normalized spacial score (nSPS) is 12.2. The second-order valence-electron chi connectivity index (χ2n) is 6.21. The van der Waals surface area contributed by atoms with E-state index in [1.54, 1.807) is 35.4 Å². The van der Waals surface area contributed by atoms with Gasteiger partial charge in [0.25, 0.3) is 0 Å². The van der Waals surface area contributed by atoms with Gasteiger partial charge in [0, 0.05) is 29.1 Å². The van der Waals surface area contributed by atoms with Crippen molar-refractivity contribution >= 4 is 11.5 Å². The summed E-state index contributed by atoms with van der Waals surface area (Å²) in [5, 5.41) is 14.3. The van der Waals surface area contributed by atoms with E-state index in [1.807, 2.05) is 6.92 Å². The van der Waals surface area contributed by atoms with Crippen LogP contribution in [0.25, 0.3) is 16.8 Å². The van der Waals surface area contributed by atoms with Crippen LogP contribution in [0.2, 0.25) is 0 Å². The van der Waals surface area contributed by atoms with Gasteiger partial charge >= 0.3 is 0 Å². The molecule has 1 atom stereocenters. The molecule has 2 N–H and O–H groups in total. The highest BCUT2D eigenvalue weighted by atomic mass is 19.1. The number of aromatic nitrogens is 5. The number of nitrogens with one attached hydrogen (secondary N) is 2. The van der Waals surface area contributed by atoms with Gasteiger partial charge in [0.1, 0.15) is 30.7 Å². The number of hydrogen-bond acceptors (Lipinski definition) is 5. The van der Waals surface area contributed by atoms with Gasteiger partial charge in [-0.1, -0.05) is 0 Å². The summed E-state index contributed by atoms with van der Waals surface area (Å²) in [7, 11) is 0. The molecule has 7 nitrogen and oxygen atoms in total. The number of hydrogen-bond donors (Lipinski definition) is 2. The Bertz CT molecular complexity index is 1080. The Morgan fingerprint density at radius 2 is 2.18 bits per heavy atom. The molecule has 1 unspecified atom stereocenters. The molecule has 0 fully saturated rings. The first-order chi connectivity index (χ1) is 13.7. The Morgan fingerprint density at radius 1 is 1.29 bits per heavy atom. The minimum atomic E-state index is -0.616. The summed E-state index contributed by atoms with van der Waals surface area (Å²) >= 11 is 0. The van der Waals surface area contributed by atoms with E-state index in [0.717, 1.165) is 11.1 Å². The highest BCUT2D eigenvalue weighted by Gasteiger charge is 2.15. The molecule has 1 aromatic carbocycles. The highest BCUT2D eigenvalue weighted by Crippen LogP contribution is 2.29. The number of anilines is 1. The molecular formula is C19H18F2N6O. The summed E-state index contributed by atoms with van der Waals surface area (Å²) in [4.78, 5) is 4.62. The van der Waals surface area contributed by atoms with E-state index < -0.39 is 12.5 Å². The van der Waals surface area contributed by atoms with Crippen LogP contribution in [-0.4, -0.2) is 38.1 Å². The molecule has 0 bridgehead atoms. The molecule has 0 aliphatic carbocycles. The fourth-order valence-corrected chi connectivity index (χ4v) is 2.99. The average molecular weight is 384 g/mol. The number of halogens is 2. The third-order valence-electron chi connectivity index (χ3n) is 4.32. The summed E-state index contributed by atoms with van der Waals surface area (Å²) in [6.45, 7) is 1.16. The monoisotopic (exact) mass is 384 g/mol. The predicted octanol–water partition coefficient (Wildman–Crippen LogP) is 3.78. The number of rotatable bonds is 7. The maximum atomic E-state index is 13.8. The predicted molar refractivity (Wildman–Crippen MR) is 100 cm³/mol. The van der Waals surface area contributed by atoms with Crippen LogP contribution >= 0.6 is 0 Å². The summed E-state index contributed by atoms with van der Waals surface area (Å²) in [6, 6.07) is 5.62. The summed E-state index contributed by atoms with van der Waals surface area (Å²) < 4.78 is 33.3. The van der Waals surface area contributed by atoms with Crippen molar-refractivity contribution in [1.29, 1.82) is 0 Å². The van der Waals surface area contributed by atoms with Crippen molar-refractivity contribution in [3.8, 4) is 16.9 Å². The van der Waals surface area contributed by atoms with E-state index >= 15 is 0 Å². The van der Waals surface area contributed by atoms with Gasteiger partial charge in [0.15, 0.2) is 5.65 Å². The second-order valence-corrected chi connectivity index (χ2v) is 6.21. The zero-order valence-corrected chi connectivity index (χ0v) is 15.1. The van der Waals surface area contributed by atoms with Crippen molar-refractivity contribution < 1.29 is 13.5 Å². The maximum Gasteiger partial charge on any atom is 0.165 e. The number of ether oxygens (including phenoxy) is 1. The Morgan fingerprint density at radius 3 is 2.96 bits per heavy atom. The van der Waals surface area contributed by atoms with Gasteiger partial charge in [-0.15, -0.1) is 0 Å². The molecular weight excluding hydrogens is 366 g/mol. The van der Waals surface area contributed by atoms with Crippen LogP contribution in [0.15, 0.2) is 49.1 Å². The van der Waals surface area contributed by atoms with Gasteiger partial charge in [-0.2, -0.15) is 10.2 Å². The molecule has 144 valence electrons. The molecule has 0 saturated carbocycles. The Kier molecular flexibility index (Phi) is 4.88. The van der Waals surface area contributed by atoms with Crippen LogP contribution in [0.5, 0.6) is 5.75 Å². The molecule has 0 radical (unpaired) electrons. The number of aromatic amines is 1. The van der Waals surface area contributed by atoms with Crippen molar-refractivity contribution in [3.05, 3.63) is 60.4 Å². The molecule has 0 amide bonds. The van der Waals surface area contributed by atoms with Crippen molar-refractivity contribution in [2.45, 2.75) is 13.0 Å². The van der Waals surface area contributed by atoms with Crippen LogP contribution in [0.3, 0.4) is 0 Å². The molecule has 3 heterocycles. The lowest BCUT2D eigenvalue weighted by Crippen LogP contribution is -2.11. The first-order valence-electron chi connectivity index (χ1n) is 8.74. The number of nitrogens with zero attached hydrogens (tertiary/aromatic N) is 4. The summed E-state index contributed by atoms with van der Waals surface area (Å²) in [6.07, 6.45) is 6.97. The maximum absolute atomic E-state index is 13.8. The topological polar surface area (TPSA) is 80.1 Å². The van der Waals surface area contributed by atoms with Crippen LogP contribution < -0.4 is 10.1 Å². The minimum absolute atomic E-state index is 0.0839. The lowest BCUT2D eigenvalue weighted by molar-refractivity contribution is 0.270. The molecule has 4 aromatic rings. The van der Waals surface area contributed by atoms with E-state index in [-0.39, 0.29) is 12.6 Å². The fourth-order valence-electron chi connectivity index (χ4n) is 2.99. The first kappa shape index (κ1) is 17.9. The van der Waals surface area contributed by atoms with Crippen LogP contribution in [-0.2, 0) is 0 Å². The fraction of sp³-hybridized carbons (Fsp3) is 0.211. The van der Waals surface area contributed by atoms with Gasteiger partial charge < -0.3 is 10.1 Å². The van der Waals surface area contributed by atoms with Crippen molar-refractivity contribution in [2.24, 2.45) is 0 Å². The number of H-pyrrole nitrogens is 1. The molecule has 3 aromatic heterocycles. The SMILES string of the molecule is CC(Nc1ccn2ncc(-c3cn[nH]c3)c2n1)c1cc(F)ccc1OCCF. The summed E-state index contributed by atoms with van der Waals surface area (Å²) in [5.74, 6) is 0.632. The zero-order valence-electron chi connectivity index (χ0n) is 15.1. The molecule has 0 aliphatic rings. The number of benzene rings is 1. The van der Waals surface area contributed by atoms with Crippen LogP contribution in [0, 0.1) is 5.82 Å². The van der Waals surface area contributed by atoms with E-state index in [9.17, 15) is 8.78 Å². The standard InChI is InChI=1S/C19H18F2N6O/c1-12(15-8-14(21)2-3-17(15)28-7-5-20)25-18-4-6-27-19(26-18)16(11-24-27)13-9-22-23-10-13/h2-4,6,8-12H,5,7H2,1H3,(H,22,23)(H,25,26). The molecule has 28 heavy (non-hydrogen) atoms. The zero-order chi connectivity index (χ0) is 19.5. The van der Waals surface area contributed by atoms with Gasteiger partial charge in [0.05, 0.1) is 18.4 Å². The largest absolute Gasteiger partial charge is 0.490 e. The molecule has 4 rings (SSSR count). The first-order valence-corrected chi connectivity index (χ1v) is 8.74. The van der Waals surface area contributed by atoms with Gasteiger partial charge in [-0.3, -0.25) is 5.10 Å².